The molecule has 0 aliphatic carbocycles. The Kier molecular flexibility index (Phi) is 4.18. The first-order valence-corrected chi connectivity index (χ1v) is 6.16. The smallest absolute Gasteiger partial charge is 0.222 e. The minimum atomic E-state index is 0.595. The number of aryl methyl sites for hydroxylation is 1. The molecular weight excluding hydrogens is 248 g/mol. The number of rotatable bonds is 4. The summed E-state index contributed by atoms with van der Waals surface area (Å²) in [5.41, 5.74) is 7.62. The number of hydrogen-bond donors (Lipinski definition) is 1. The predicted molar refractivity (Wildman–Crippen MR) is 73.3 cm³/mol. The van der Waals surface area contributed by atoms with E-state index < -0.39 is 0 Å². The predicted octanol–water partition coefficient (Wildman–Crippen LogP) is 3.34. The second kappa shape index (κ2) is 5.85. The molecule has 94 valence electrons. The van der Waals surface area contributed by atoms with Gasteiger partial charge in [-0.3, -0.25) is 0 Å². The van der Waals surface area contributed by atoms with E-state index in [0.29, 0.717) is 23.2 Å². The number of nitrogens with two attached hydrogens (primary N) is 1. The lowest BCUT2D eigenvalue weighted by Crippen LogP contribution is -2.03. The molecule has 4 heteroatoms. The Bertz CT molecular complexity index is 543. The summed E-state index contributed by atoms with van der Waals surface area (Å²) in [5.74, 6) is 1.28. The molecule has 0 fully saturated rings. The largest absolute Gasteiger partial charge is 0.439 e. The van der Waals surface area contributed by atoms with Gasteiger partial charge in [0.1, 0.15) is 5.75 Å². The van der Waals surface area contributed by atoms with E-state index in [4.69, 9.17) is 22.1 Å². The molecule has 0 aliphatic rings. The first-order valence-electron chi connectivity index (χ1n) is 5.78. The van der Waals surface area contributed by atoms with Gasteiger partial charge in [-0.15, -0.1) is 0 Å². The fourth-order valence-corrected chi connectivity index (χ4v) is 1.85. The third-order valence-corrected chi connectivity index (χ3v) is 2.77. The molecule has 0 bridgehead atoms. The van der Waals surface area contributed by atoms with Gasteiger partial charge in [0.15, 0.2) is 0 Å². The highest BCUT2D eigenvalue weighted by Crippen LogP contribution is 2.25. The van der Waals surface area contributed by atoms with Gasteiger partial charge in [0.05, 0.1) is 0 Å². The van der Waals surface area contributed by atoms with E-state index in [9.17, 15) is 0 Å². The van der Waals surface area contributed by atoms with Gasteiger partial charge in [0.2, 0.25) is 5.88 Å². The van der Waals surface area contributed by atoms with Gasteiger partial charge in [-0.2, -0.15) is 0 Å². The summed E-state index contributed by atoms with van der Waals surface area (Å²) >= 11 is 5.90. The number of aromatic nitrogens is 1. The van der Waals surface area contributed by atoms with Crippen LogP contribution < -0.4 is 10.5 Å². The van der Waals surface area contributed by atoms with Crippen molar-refractivity contribution in [2.75, 3.05) is 6.54 Å². The summed E-state index contributed by atoms with van der Waals surface area (Å²) in [6.45, 7) is 2.59. The minimum Gasteiger partial charge on any atom is -0.439 e. The van der Waals surface area contributed by atoms with Crippen molar-refractivity contribution < 1.29 is 4.74 Å². The summed E-state index contributed by atoms with van der Waals surface area (Å²) in [4.78, 5) is 4.30. The van der Waals surface area contributed by atoms with Crippen LogP contribution in [0.4, 0.5) is 0 Å². The molecular formula is C14H15ClN2O. The fourth-order valence-electron chi connectivity index (χ4n) is 1.67. The van der Waals surface area contributed by atoms with Crippen LogP contribution in [0, 0.1) is 6.92 Å². The summed E-state index contributed by atoms with van der Waals surface area (Å²) in [7, 11) is 0. The average Bonchev–Trinajstić information content (AvgIpc) is 2.33. The van der Waals surface area contributed by atoms with Crippen LogP contribution in [-0.4, -0.2) is 11.5 Å². The van der Waals surface area contributed by atoms with Gasteiger partial charge < -0.3 is 10.5 Å². The highest BCUT2D eigenvalue weighted by Gasteiger charge is 2.04. The van der Waals surface area contributed by atoms with Crippen LogP contribution in [-0.2, 0) is 6.42 Å². The van der Waals surface area contributed by atoms with Gasteiger partial charge in [0.25, 0.3) is 0 Å². The Morgan fingerprint density at radius 1 is 1.33 bits per heavy atom. The number of nitrogens with zero attached hydrogens (tertiary/aromatic N) is 1. The van der Waals surface area contributed by atoms with Crippen molar-refractivity contribution in [3.8, 4) is 11.6 Å². The Morgan fingerprint density at radius 3 is 2.83 bits per heavy atom. The van der Waals surface area contributed by atoms with Gasteiger partial charge in [-0.05, 0) is 49.7 Å². The molecule has 0 amide bonds. The Balaban J connectivity index is 2.19. The van der Waals surface area contributed by atoms with Crippen LogP contribution in [0.5, 0.6) is 11.6 Å². The lowest BCUT2D eigenvalue weighted by atomic mass is 10.1. The zero-order chi connectivity index (χ0) is 13.0. The van der Waals surface area contributed by atoms with Crippen LogP contribution in [0.3, 0.4) is 0 Å². The summed E-state index contributed by atoms with van der Waals surface area (Å²) in [5, 5.41) is 0.643. The second-order valence-corrected chi connectivity index (χ2v) is 4.50. The minimum absolute atomic E-state index is 0.595. The van der Waals surface area contributed by atoms with Crippen LogP contribution in [0.1, 0.15) is 11.1 Å². The Hall–Kier alpha value is -1.58. The molecule has 1 heterocycles. The summed E-state index contributed by atoms with van der Waals surface area (Å²) in [6.07, 6.45) is 2.62. The summed E-state index contributed by atoms with van der Waals surface area (Å²) < 4.78 is 5.70. The second-order valence-electron chi connectivity index (χ2n) is 4.06. The zero-order valence-electron chi connectivity index (χ0n) is 10.2. The van der Waals surface area contributed by atoms with Gasteiger partial charge in [-0.1, -0.05) is 17.7 Å². The van der Waals surface area contributed by atoms with Crippen LogP contribution >= 0.6 is 11.6 Å². The molecule has 18 heavy (non-hydrogen) atoms. The van der Waals surface area contributed by atoms with Crippen molar-refractivity contribution >= 4 is 11.6 Å². The van der Waals surface area contributed by atoms with Crippen molar-refractivity contribution in [3.05, 3.63) is 52.7 Å². The molecule has 0 aliphatic heterocycles. The third kappa shape index (κ3) is 3.22. The van der Waals surface area contributed by atoms with Crippen LogP contribution in [0.2, 0.25) is 5.02 Å². The topological polar surface area (TPSA) is 48.1 Å². The number of ether oxygens (including phenoxy) is 1. The number of hydrogen-bond acceptors (Lipinski definition) is 3. The first-order chi connectivity index (χ1) is 8.69. The SMILES string of the molecule is Cc1cc(CCN)cnc1Oc1cccc(Cl)c1. The molecule has 0 spiro atoms. The van der Waals surface area contributed by atoms with Gasteiger partial charge >= 0.3 is 0 Å². The molecule has 0 saturated heterocycles. The molecule has 1 aromatic carbocycles. The van der Waals surface area contributed by atoms with E-state index in [-0.39, 0.29) is 0 Å². The van der Waals surface area contributed by atoms with E-state index in [2.05, 4.69) is 4.98 Å². The number of pyridine rings is 1. The zero-order valence-corrected chi connectivity index (χ0v) is 10.9. The van der Waals surface area contributed by atoms with E-state index in [1.54, 1.807) is 18.3 Å². The van der Waals surface area contributed by atoms with Crippen molar-refractivity contribution in [2.45, 2.75) is 13.3 Å². The molecule has 0 radical (unpaired) electrons. The monoisotopic (exact) mass is 262 g/mol. The molecule has 2 N–H and O–H groups in total. The molecule has 2 aromatic rings. The first kappa shape index (κ1) is 12.9. The van der Waals surface area contributed by atoms with Gasteiger partial charge in [0, 0.05) is 16.8 Å². The average molecular weight is 263 g/mol. The van der Waals surface area contributed by atoms with Gasteiger partial charge in [-0.25, -0.2) is 4.98 Å². The lowest BCUT2D eigenvalue weighted by molar-refractivity contribution is 0.458. The highest BCUT2D eigenvalue weighted by atomic mass is 35.5. The van der Waals surface area contributed by atoms with E-state index in [1.807, 2.05) is 25.1 Å². The molecule has 0 unspecified atom stereocenters. The fraction of sp³-hybridized carbons (Fsp3) is 0.214. The maximum atomic E-state index is 5.90. The number of halogens is 1. The van der Waals surface area contributed by atoms with E-state index >= 15 is 0 Å². The summed E-state index contributed by atoms with van der Waals surface area (Å²) in [6, 6.07) is 9.30. The lowest BCUT2D eigenvalue weighted by Gasteiger charge is -2.09. The quantitative estimate of drug-likeness (QED) is 0.919. The molecule has 2 rings (SSSR count). The van der Waals surface area contributed by atoms with Crippen molar-refractivity contribution in [1.29, 1.82) is 0 Å². The maximum Gasteiger partial charge on any atom is 0.222 e. The molecule has 1 aromatic heterocycles. The molecule has 3 nitrogen and oxygen atoms in total. The Morgan fingerprint density at radius 2 is 2.17 bits per heavy atom. The number of benzene rings is 1. The van der Waals surface area contributed by atoms with Crippen LogP contribution in [0.15, 0.2) is 36.5 Å². The normalized spacial score (nSPS) is 10.4. The van der Waals surface area contributed by atoms with Crippen molar-refractivity contribution in [2.24, 2.45) is 5.73 Å². The molecule has 0 saturated carbocycles. The van der Waals surface area contributed by atoms with Crippen molar-refractivity contribution in [1.82, 2.24) is 4.98 Å². The van der Waals surface area contributed by atoms with E-state index in [1.165, 1.54) is 0 Å². The third-order valence-electron chi connectivity index (χ3n) is 2.53. The van der Waals surface area contributed by atoms with E-state index in [0.717, 1.165) is 17.5 Å². The molecule has 0 atom stereocenters. The van der Waals surface area contributed by atoms with Crippen molar-refractivity contribution in [3.63, 3.8) is 0 Å². The maximum absolute atomic E-state index is 5.90. The highest BCUT2D eigenvalue weighted by molar-refractivity contribution is 6.30. The standard InChI is InChI=1S/C14H15ClN2O/c1-10-7-11(5-6-16)9-17-14(10)18-13-4-2-3-12(15)8-13/h2-4,7-9H,5-6,16H2,1H3. The van der Waals surface area contributed by atoms with Crippen LogP contribution in [0.25, 0.3) is 0 Å². The Labute approximate surface area is 112 Å².